The second kappa shape index (κ2) is 2.34. The number of halogens is 2. The van der Waals surface area contributed by atoms with Gasteiger partial charge in [-0.3, -0.25) is 0 Å². The summed E-state index contributed by atoms with van der Waals surface area (Å²) in [6.45, 7) is 0. The zero-order valence-corrected chi connectivity index (χ0v) is 5.41. The van der Waals surface area contributed by atoms with Gasteiger partial charge in [0, 0.05) is 6.07 Å². The van der Waals surface area contributed by atoms with Crippen molar-refractivity contribution >= 4 is 17.3 Å². The van der Waals surface area contributed by atoms with E-state index in [1.165, 1.54) is 0 Å². The van der Waals surface area contributed by atoms with Gasteiger partial charge in [0.2, 0.25) is 0 Å². The Morgan fingerprint density at radius 1 is 1.60 bits per heavy atom. The highest BCUT2D eigenvalue weighted by molar-refractivity contribution is 7.08. The van der Waals surface area contributed by atoms with Gasteiger partial charge in [-0.15, -0.1) is 0 Å². The van der Waals surface area contributed by atoms with Crippen LogP contribution < -0.4 is 0 Å². The molecule has 0 aromatic carbocycles. The molecule has 1 rings (SSSR count). The summed E-state index contributed by atoms with van der Waals surface area (Å²) < 4.78 is 24.3. The van der Waals surface area contributed by atoms with Crippen LogP contribution in [0, 0.1) is 10.3 Å². The van der Waals surface area contributed by atoms with Gasteiger partial charge in [-0.2, -0.15) is 8.78 Å². The topological polar surface area (TPSA) is 37.3 Å². The smallest absolute Gasteiger partial charge is 0.339 e. The van der Waals surface area contributed by atoms with Crippen molar-refractivity contribution < 1.29 is 18.7 Å². The summed E-state index contributed by atoms with van der Waals surface area (Å²) in [5.41, 5.74) is -0.609. The van der Waals surface area contributed by atoms with E-state index in [-0.39, 0.29) is 11.3 Å². The average Bonchev–Trinajstić information content (AvgIpc) is 2.10. The zero-order valence-electron chi connectivity index (χ0n) is 4.60. The van der Waals surface area contributed by atoms with Gasteiger partial charge in [-0.1, -0.05) is 11.3 Å². The van der Waals surface area contributed by atoms with Crippen molar-refractivity contribution in [2.24, 2.45) is 0 Å². The van der Waals surface area contributed by atoms with E-state index in [0.717, 1.165) is 0 Å². The first-order valence-corrected chi connectivity index (χ1v) is 3.11. The number of hydrogen-bond acceptors (Lipinski definition) is 2. The number of carboxylic acids is 1. The SMILES string of the molecule is O=C(O)c1cc(F)sc1F. The molecule has 0 aliphatic heterocycles. The molecule has 0 bridgehead atoms. The van der Waals surface area contributed by atoms with Gasteiger partial charge >= 0.3 is 5.97 Å². The molecule has 0 radical (unpaired) electrons. The third-order valence-corrected chi connectivity index (χ3v) is 1.60. The molecule has 0 atom stereocenters. The molecule has 1 aromatic heterocycles. The van der Waals surface area contributed by atoms with Gasteiger partial charge in [0.1, 0.15) is 5.56 Å². The molecule has 1 N–H and O–H groups in total. The molecule has 5 heteroatoms. The van der Waals surface area contributed by atoms with Crippen LogP contribution in [0.2, 0.25) is 0 Å². The van der Waals surface area contributed by atoms with Gasteiger partial charge in [0.15, 0.2) is 10.3 Å². The van der Waals surface area contributed by atoms with Crippen LogP contribution >= 0.6 is 11.3 Å². The Hall–Kier alpha value is -0.970. The van der Waals surface area contributed by atoms with Crippen LogP contribution in [0.3, 0.4) is 0 Å². The summed E-state index contributed by atoms with van der Waals surface area (Å²) in [7, 11) is 0. The maximum atomic E-state index is 12.3. The van der Waals surface area contributed by atoms with Crippen molar-refractivity contribution in [1.29, 1.82) is 0 Å². The number of carbonyl (C=O) groups is 1. The van der Waals surface area contributed by atoms with E-state index < -0.39 is 21.8 Å². The molecule has 10 heavy (non-hydrogen) atoms. The fraction of sp³-hybridized carbons (Fsp3) is 0. The van der Waals surface area contributed by atoms with Crippen molar-refractivity contribution in [3.05, 3.63) is 21.9 Å². The van der Waals surface area contributed by atoms with Crippen LogP contribution in [0.4, 0.5) is 8.78 Å². The lowest BCUT2D eigenvalue weighted by Gasteiger charge is -1.82. The molecular weight excluding hydrogens is 162 g/mol. The van der Waals surface area contributed by atoms with Gasteiger partial charge in [0.05, 0.1) is 0 Å². The molecule has 1 aromatic rings. The van der Waals surface area contributed by atoms with Crippen molar-refractivity contribution in [3.8, 4) is 0 Å². The number of hydrogen-bond donors (Lipinski definition) is 1. The fourth-order valence-electron chi connectivity index (χ4n) is 0.486. The summed E-state index contributed by atoms with van der Waals surface area (Å²) in [6.07, 6.45) is 0. The molecule has 0 unspecified atom stereocenters. The fourth-order valence-corrected chi connectivity index (χ4v) is 1.09. The van der Waals surface area contributed by atoms with Gasteiger partial charge in [-0.05, 0) is 0 Å². The maximum Gasteiger partial charge on any atom is 0.339 e. The van der Waals surface area contributed by atoms with Crippen molar-refractivity contribution in [2.75, 3.05) is 0 Å². The predicted octanol–water partition coefficient (Wildman–Crippen LogP) is 1.72. The molecule has 1 heterocycles. The van der Waals surface area contributed by atoms with Crippen molar-refractivity contribution in [2.45, 2.75) is 0 Å². The van der Waals surface area contributed by atoms with Gasteiger partial charge < -0.3 is 5.11 Å². The molecule has 0 amide bonds. The van der Waals surface area contributed by atoms with Crippen molar-refractivity contribution in [1.82, 2.24) is 0 Å². The normalized spacial score (nSPS) is 9.80. The molecular formula is C5H2F2O2S. The average molecular weight is 164 g/mol. The Morgan fingerprint density at radius 3 is 2.40 bits per heavy atom. The summed E-state index contributed by atoms with van der Waals surface area (Å²) in [6, 6.07) is 0.655. The largest absolute Gasteiger partial charge is 0.478 e. The molecule has 0 saturated heterocycles. The van der Waals surface area contributed by atoms with Gasteiger partial charge in [-0.25, -0.2) is 4.79 Å². The Bertz CT molecular complexity index is 269. The van der Waals surface area contributed by atoms with Gasteiger partial charge in [0.25, 0.3) is 0 Å². The number of rotatable bonds is 1. The van der Waals surface area contributed by atoms with E-state index in [0.29, 0.717) is 6.07 Å². The monoisotopic (exact) mass is 164 g/mol. The van der Waals surface area contributed by atoms with Crippen LogP contribution in [0.1, 0.15) is 10.4 Å². The lowest BCUT2D eigenvalue weighted by atomic mass is 10.3. The third-order valence-electron chi connectivity index (χ3n) is 0.887. The van der Waals surface area contributed by atoms with Crippen LogP contribution in [0.25, 0.3) is 0 Å². The first kappa shape index (κ1) is 7.14. The Kier molecular flexibility index (Phi) is 1.67. The molecule has 0 spiro atoms. The molecule has 0 aliphatic carbocycles. The van der Waals surface area contributed by atoms with Crippen LogP contribution in [-0.2, 0) is 0 Å². The first-order valence-electron chi connectivity index (χ1n) is 2.29. The molecule has 0 aliphatic rings. The predicted molar refractivity (Wildman–Crippen MR) is 31.2 cm³/mol. The lowest BCUT2D eigenvalue weighted by Crippen LogP contribution is -1.95. The number of thiophene rings is 1. The van der Waals surface area contributed by atoms with Crippen LogP contribution in [0.5, 0.6) is 0 Å². The molecule has 0 fully saturated rings. The van der Waals surface area contributed by atoms with Crippen molar-refractivity contribution in [3.63, 3.8) is 0 Å². The van der Waals surface area contributed by atoms with Crippen LogP contribution in [0.15, 0.2) is 6.07 Å². The second-order valence-electron chi connectivity index (χ2n) is 1.54. The molecule has 0 saturated carbocycles. The van der Waals surface area contributed by atoms with Crippen LogP contribution in [-0.4, -0.2) is 11.1 Å². The standard InChI is InChI=1S/C5H2F2O2S/c6-3-1-2(5(8)9)4(7)10-3/h1H,(H,8,9). The highest BCUT2D eigenvalue weighted by Gasteiger charge is 2.14. The lowest BCUT2D eigenvalue weighted by molar-refractivity contribution is 0.0693. The minimum absolute atomic E-state index is 0.183. The summed E-state index contributed by atoms with van der Waals surface area (Å²) >= 11 is 0.183. The summed E-state index contributed by atoms with van der Waals surface area (Å²) in [4.78, 5) is 10.0. The Labute approximate surface area is 58.7 Å². The first-order chi connectivity index (χ1) is 4.61. The Balaban J connectivity index is 3.15. The minimum Gasteiger partial charge on any atom is -0.478 e. The van der Waals surface area contributed by atoms with E-state index in [1.54, 1.807) is 0 Å². The third kappa shape index (κ3) is 1.13. The van der Waals surface area contributed by atoms with E-state index in [1.807, 2.05) is 0 Å². The van der Waals surface area contributed by atoms with E-state index in [9.17, 15) is 13.6 Å². The second-order valence-corrected chi connectivity index (χ2v) is 2.50. The Morgan fingerprint density at radius 2 is 2.20 bits per heavy atom. The summed E-state index contributed by atoms with van der Waals surface area (Å²) in [5, 5.41) is 6.36. The maximum absolute atomic E-state index is 12.3. The van der Waals surface area contributed by atoms with E-state index in [4.69, 9.17) is 5.11 Å². The highest BCUT2D eigenvalue weighted by Crippen LogP contribution is 2.18. The summed E-state index contributed by atoms with van der Waals surface area (Å²) in [5.74, 6) is -1.45. The van der Waals surface area contributed by atoms with E-state index >= 15 is 0 Å². The quantitative estimate of drug-likeness (QED) is 0.686. The zero-order chi connectivity index (χ0) is 7.72. The molecule has 2 nitrogen and oxygen atoms in total. The highest BCUT2D eigenvalue weighted by atomic mass is 32.1. The minimum atomic E-state index is -1.45. The number of carboxylic acid groups (broad SMARTS) is 1. The van der Waals surface area contributed by atoms with E-state index in [2.05, 4.69) is 0 Å². The number of aromatic carboxylic acids is 1. The molecule has 54 valence electrons.